The predicted octanol–water partition coefficient (Wildman–Crippen LogP) is -2.36. The maximum absolute atomic E-state index is 11.4. The second-order valence-corrected chi connectivity index (χ2v) is 4.31. The van der Waals surface area contributed by atoms with Gasteiger partial charge in [-0.05, 0) is 0 Å². The Morgan fingerprint density at radius 2 is 1.07 bits per heavy atom. The maximum atomic E-state index is 11.4. The van der Waals surface area contributed by atoms with Gasteiger partial charge in [-0.3, -0.25) is 30.2 Å². The first-order valence-electron chi connectivity index (χ1n) is 3.74. The predicted molar refractivity (Wildman–Crippen MR) is 51.1 cm³/mol. The molecule has 4 N–H and O–H groups in total. The van der Waals surface area contributed by atoms with Gasteiger partial charge in [0.2, 0.25) is 0 Å². The van der Waals surface area contributed by atoms with E-state index in [4.69, 9.17) is 11.0 Å². The Balaban J connectivity index is 2.34. The van der Waals surface area contributed by atoms with Crippen molar-refractivity contribution in [3.05, 3.63) is 0 Å². The van der Waals surface area contributed by atoms with Crippen LogP contribution in [0.5, 0.6) is 0 Å². The van der Waals surface area contributed by atoms with Crippen LogP contribution < -0.4 is 11.0 Å². The van der Waals surface area contributed by atoms with Crippen LogP contribution in [-0.2, 0) is 19.2 Å². The van der Waals surface area contributed by atoms with Gasteiger partial charge in [0.1, 0.15) is 0 Å². The molecule has 8 nitrogen and oxygen atoms in total. The number of amides is 4. The molecule has 2 unspecified atom stereocenters. The summed E-state index contributed by atoms with van der Waals surface area (Å²) in [6.45, 7) is 0. The molecule has 0 aromatic carbocycles. The summed E-state index contributed by atoms with van der Waals surface area (Å²) in [6.07, 6.45) is 0. The van der Waals surface area contributed by atoms with Crippen molar-refractivity contribution in [2.75, 3.05) is 0 Å². The zero-order valence-corrected chi connectivity index (χ0v) is 9.18. The molecule has 2 fully saturated rings. The van der Waals surface area contributed by atoms with Gasteiger partial charge in [-0.15, -0.1) is 0 Å². The molecule has 0 aliphatic carbocycles. The Morgan fingerprint density at radius 1 is 0.800 bits per heavy atom. The number of carbonyl (C=O) groups is 4. The van der Waals surface area contributed by atoms with Crippen molar-refractivity contribution in [2.45, 2.75) is 0 Å². The van der Waals surface area contributed by atoms with Crippen LogP contribution in [-0.4, -0.2) is 33.0 Å². The van der Waals surface area contributed by atoms with Gasteiger partial charge in [0.25, 0.3) is 29.0 Å². The average molecular weight is 248 g/mol. The second-order valence-electron chi connectivity index (χ2n) is 2.90. The molecule has 1 spiro atoms. The van der Waals surface area contributed by atoms with E-state index in [1.807, 2.05) is 0 Å². The fourth-order valence-corrected chi connectivity index (χ4v) is 2.67. The molecule has 80 valence electrons. The van der Waals surface area contributed by atoms with E-state index in [-0.39, 0.29) is 0 Å². The summed E-state index contributed by atoms with van der Waals surface area (Å²) in [5, 5.41) is 0. The zero-order valence-electron chi connectivity index (χ0n) is 7.18. The number of β-lactam (4-membered cyclic amide) rings is 4. The molecule has 2 heterocycles. The van der Waals surface area contributed by atoms with Crippen molar-refractivity contribution >= 4 is 41.4 Å². The summed E-state index contributed by atoms with van der Waals surface area (Å²) < 4.78 is 1.37. The van der Waals surface area contributed by atoms with E-state index in [2.05, 4.69) is 0 Å². The minimum absolute atomic E-state index is 0.563. The van der Waals surface area contributed by atoms with E-state index >= 15 is 0 Å². The van der Waals surface area contributed by atoms with Crippen LogP contribution in [0.25, 0.3) is 0 Å². The standard InChI is InChI=1S/C5H6N4O4P2/c6-14-8-1(10)5(2(8)11)3(12)9(15-7)4(5)13/h14-15H,6-7H2. The molecule has 0 aromatic heterocycles. The number of rotatable bonds is 2. The van der Waals surface area contributed by atoms with Crippen LogP contribution in [0.4, 0.5) is 0 Å². The summed E-state index contributed by atoms with van der Waals surface area (Å²) in [5.41, 5.74) is 8.12. The summed E-state index contributed by atoms with van der Waals surface area (Å²) in [5.74, 6) is -3.34. The van der Waals surface area contributed by atoms with Crippen molar-refractivity contribution in [2.24, 2.45) is 16.4 Å². The first kappa shape index (κ1) is 10.6. The van der Waals surface area contributed by atoms with Gasteiger partial charge in [0.05, 0.1) is 17.8 Å². The fourth-order valence-electron chi connectivity index (χ4n) is 1.53. The lowest BCUT2D eigenvalue weighted by Gasteiger charge is -2.51. The molecule has 2 saturated heterocycles. The van der Waals surface area contributed by atoms with Gasteiger partial charge in [-0.25, -0.2) is 9.34 Å². The molecule has 0 radical (unpaired) electrons. The van der Waals surface area contributed by atoms with Crippen molar-refractivity contribution in [3.63, 3.8) is 0 Å². The van der Waals surface area contributed by atoms with Crippen LogP contribution in [0.2, 0.25) is 0 Å². The first-order chi connectivity index (χ1) is 7.03. The van der Waals surface area contributed by atoms with Crippen LogP contribution >= 0.6 is 17.8 Å². The fraction of sp³-hybridized carbons (Fsp3) is 0.200. The average Bonchev–Trinajstić information content (AvgIpc) is 2.20. The third-order valence-electron chi connectivity index (χ3n) is 2.35. The molecule has 2 aliphatic rings. The summed E-state index contributed by atoms with van der Waals surface area (Å²) >= 11 is 0. The van der Waals surface area contributed by atoms with Crippen molar-refractivity contribution in [1.29, 1.82) is 0 Å². The van der Waals surface area contributed by atoms with Gasteiger partial charge < -0.3 is 0 Å². The topological polar surface area (TPSA) is 127 Å². The SMILES string of the molecule is NPN1C(=O)C2(C1=O)C(=O)N(PN)C2=O. The van der Waals surface area contributed by atoms with Crippen molar-refractivity contribution < 1.29 is 19.2 Å². The van der Waals surface area contributed by atoms with E-state index in [1.54, 1.807) is 0 Å². The number of nitrogens with zero attached hydrogens (tertiary/aromatic N) is 2. The Bertz CT molecular complexity index is 336. The molecule has 0 aromatic rings. The van der Waals surface area contributed by atoms with E-state index in [0.717, 1.165) is 0 Å². The molecule has 2 rings (SSSR count). The highest BCUT2D eigenvalue weighted by atomic mass is 31.1. The van der Waals surface area contributed by atoms with Gasteiger partial charge in [0.15, 0.2) is 0 Å². The third-order valence-corrected chi connectivity index (χ3v) is 3.68. The maximum Gasteiger partial charge on any atom is 0.286 e. The van der Waals surface area contributed by atoms with Gasteiger partial charge in [-0.1, -0.05) is 0 Å². The molecule has 0 bridgehead atoms. The second kappa shape index (κ2) is 3.02. The number of imide groups is 2. The Labute approximate surface area is 87.1 Å². The van der Waals surface area contributed by atoms with E-state index in [0.29, 0.717) is 9.34 Å². The lowest BCUT2D eigenvalue weighted by Crippen LogP contribution is -2.81. The molecular weight excluding hydrogens is 242 g/mol. The molecule has 4 amide bonds. The number of carbonyl (C=O) groups excluding carboxylic acids is 4. The van der Waals surface area contributed by atoms with Crippen molar-refractivity contribution in [1.82, 2.24) is 9.34 Å². The van der Waals surface area contributed by atoms with E-state index in [9.17, 15) is 19.2 Å². The summed E-state index contributed by atoms with van der Waals surface area (Å²) in [7, 11) is -1.13. The molecule has 2 atom stereocenters. The first-order valence-corrected chi connectivity index (χ1v) is 5.78. The van der Waals surface area contributed by atoms with Gasteiger partial charge in [-0.2, -0.15) is 0 Å². The molecule has 2 aliphatic heterocycles. The lowest BCUT2D eigenvalue weighted by molar-refractivity contribution is -0.188. The monoisotopic (exact) mass is 248 g/mol. The summed E-state index contributed by atoms with van der Waals surface area (Å²) in [6, 6.07) is 0. The van der Waals surface area contributed by atoms with Crippen LogP contribution in [0.3, 0.4) is 0 Å². The largest absolute Gasteiger partial charge is 0.295 e. The smallest absolute Gasteiger partial charge is 0.286 e. The quantitative estimate of drug-likeness (QED) is 0.320. The third kappa shape index (κ3) is 0.862. The Hall–Kier alpha value is -0.940. The van der Waals surface area contributed by atoms with Crippen LogP contribution in [0.1, 0.15) is 0 Å². The highest BCUT2D eigenvalue weighted by Crippen LogP contribution is 2.50. The Morgan fingerprint density at radius 3 is 1.27 bits per heavy atom. The highest BCUT2D eigenvalue weighted by Gasteiger charge is 2.80. The van der Waals surface area contributed by atoms with Gasteiger partial charge >= 0.3 is 0 Å². The van der Waals surface area contributed by atoms with Crippen LogP contribution in [0, 0.1) is 5.41 Å². The molecular formula is C5H6N4O4P2. The summed E-state index contributed by atoms with van der Waals surface area (Å²) in [4.78, 5) is 45.7. The molecule has 10 heteroatoms. The zero-order chi connectivity index (χ0) is 11.4. The number of hydrogen-bond donors (Lipinski definition) is 2. The van der Waals surface area contributed by atoms with E-state index < -0.39 is 46.8 Å². The van der Waals surface area contributed by atoms with E-state index in [1.165, 1.54) is 0 Å². The van der Waals surface area contributed by atoms with Gasteiger partial charge in [0, 0.05) is 0 Å². The number of hydrogen-bond acceptors (Lipinski definition) is 6. The lowest BCUT2D eigenvalue weighted by atomic mass is 9.72. The minimum atomic E-state index is -2.13. The Kier molecular flexibility index (Phi) is 2.13. The van der Waals surface area contributed by atoms with Crippen LogP contribution in [0.15, 0.2) is 0 Å². The van der Waals surface area contributed by atoms with Crippen molar-refractivity contribution in [3.8, 4) is 0 Å². The molecule has 0 saturated carbocycles. The minimum Gasteiger partial charge on any atom is -0.295 e. The molecule has 15 heavy (non-hydrogen) atoms. The normalized spacial score (nSPS) is 24.9. The number of nitrogens with two attached hydrogens (primary N) is 2. The highest BCUT2D eigenvalue weighted by molar-refractivity contribution is 7.36.